The van der Waals surface area contributed by atoms with Gasteiger partial charge in [0.15, 0.2) is 0 Å². The number of ether oxygens (including phenoxy) is 1. The van der Waals surface area contributed by atoms with Gasteiger partial charge < -0.3 is 4.74 Å². The second-order valence-corrected chi connectivity index (χ2v) is 4.35. The van der Waals surface area contributed by atoms with Crippen LogP contribution in [-0.4, -0.2) is 0 Å². The number of benzene rings is 2. The highest BCUT2D eigenvalue weighted by Gasteiger charge is 2.01. The Morgan fingerprint density at radius 3 is 2.35 bits per heavy atom. The molecule has 0 N–H and O–H groups in total. The standard InChI is InChI=1S/C13H9BrF2O/c14-12-6-1-9(7-13(12)16)8-17-11-4-2-10(15)3-5-11/h1-7H,8H2. The normalized spacial score (nSPS) is 10.3. The van der Waals surface area contributed by atoms with E-state index in [2.05, 4.69) is 15.9 Å². The molecule has 4 heteroatoms. The summed E-state index contributed by atoms with van der Waals surface area (Å²) in [5.41, 5.74) is 0.718. The Morgan fingerprint density at radius 2 is 1.71 bits per heavy atom. The Balaban J connectivity index is 2.02. The molecule has 2 rings (SSSR count). The van der Waals surface area contributed by atoms with Crippen LogP contribution in [0.25, 0.3) is 0 Å². The molecular formula is C13H9BrF2O. The zero-order chi connectivity index (χ0) is 12.3. The molecule has 0 aliphatic heterocycles. The minimum atomic E-state index is -0.329. The Kier molecular flexibility index (Phi) is 3.74. The largest absolute Gasteiger partial charge is 0.489 e. The van der Waals surface area contributed by atoms with Crippen LogP contribution in [0.15, 0.2) is 46.9 Å². The lowest BCUT2D eigenvalue weighted by Crippen LogP contribution is -1.96. The molecule has 0 radical (unpaired) electrons. The Labute approximate surface area is 106 Å². The van der Waals surface area contributed by atoms with Crippen LogP contribution in [0, 0.1) is 11.6 Å². The van der Waals surface area contributed by atoms with Crippen LogP contribution in [0.3, 0.4) is 0 Å². The van der Waals surface area contributed by atoms with Gasteiger partial charge in [0.1, 0.15) is 24.0 Å². The van der Waals surface area contributed by atoms with Crippen molar-refractivity contribution in [3.63, 3.8) is 0 Å². The van der Waals surface area contributed by atoms with Gasteiger partial charge in [-0.25, -0.2) is 8.78 Å². The fraction of sp³-hybridized carbons (Fsp3) is 0.0769. The summed E-state index contributed by atoms with van der Waals surface area (Å²) in [6.07, 6.45) is 0. The van der Waals surface area contributed by atoms with Crippen LogP contribution in [-0.2, 0) is 6.61 Å². The Hall–Kier alpha value is -1.42. The predicted octanol–water partition coefficient (Wildman–Crippen LogP) is 4.31. The van der Waals surface area contributed by atoms with E-state index >= 15 is 0 Å². The van der Waals surface area contributed by atoms with E-state index in [-0.39, 0.29) is 18.2 Å². The summed E-state index contributed by atoms with van der Waals surface area (Å²) in [5.74, 6) is -0.0908. The van der Waals surface area contributed by atoms with E-state index in [0.29, 0.717) is 10.2 Å². The van der Waals surface area contributed by atoms with E-state index in [1.54, 1.807) is 12.1 Å². The lowest BCUT2D eigenvalue weighted by atomic mass is 10.2. The first-order valence-electron chi connectivity index (χ1n) is 4.97. The molecule has 17 heavy (non-hydrogen) atoms. The van der Waals surface area contributed by atoms with Crippen molar-refractivity contribution in [3.05, 3.63) is 64.1 Å². The van der Waals surface area contributed by atoms with E-state index in [1.807, 2.05) is 0 Å². The molecule has 0 heterocycles. The smallest absolute Gasteiger partial charge is 0.137 e. The highest BCUT2D eigenvalue weighted by atomic mass is 79.9. The van der Waals surface area contributed by atoms with Crippen LogP contribution in [0.4, 0.5) is 8.78 Å². The van der Waals surface area contributed by atoms with Crippen molar-refractivity contribution in [2.75, 3.05) is 0 Å². The molecule has 1 nitrogen and oxygen atoms in total. The maximum Gasteiger partial charge on any atom is 0.137 e. The highest BCUT2D eigenvalue weighted by Crippen LogP contribution is 2.18. The van der Waals surface area contributed by atoms with Gasteiger partial charge in [-0.05, 0) is 57.9 Å². The quantitative estimate of drug-likeness (QED) is 0.820. The number of halogens is 3. The van der Waals surface area contributed by atoms with Gasteiger partial charge in [0.2, 0.25) is 0 Å². The molecular weight excluding hydrogens is 290 g/mol. The number of rotatable bonds is 3. The summed E-state index contributed by atoms with van der Waals surface area (Å²) in [4.78, 5) is 0. The van der Waals surface area contributed by atoms with Crippen LogP contribution in [0.2, 0.25) is 0 Å². The predicted molar refractivity (Wildman–Crippen MR) is 64.8 cm³/mol. The number of hydrogen-bond acceptors (Lipinski definition) is 1. The molecule has 0 aliphatic rings. The second-order valence-electron chi connectivity index (χ2n) is 3.49. The average molecular weight is 299 g/mol. The monoisotopic (exact) mass is 298 g/mol. The number of hydrogen-bond donors (Lipinski definition) is 0. The molecule has 2 aromatic rings. The molecule has 0 bridgehead atoms. The first kappa shape index (κ1) is 12.0. The van der Waals surface area contributed by atoms with Gasteiger partial charge in [0.05, 0.1) is 4.47 Å². The third-order valence-electron chi connectivity index (χ3n) is 2.20. The average Bonchev–Trinajstić information content (AvgIpc) is 2.33. The summed E-state index contributed by atoms with van der Waals surface area (Å²) in [7, 11) is 0. The van der Waals surface area contributed by atoms with E-state index in [0.717, 1.165) is 5.56 Å². The van der Waals surface area contributed by atoms with Crippen LogP contribution >= 0.6 is 15.9 Å². The molecule has 0 spiro atoms. The molecule has 0 aliphatic carbocycles. The third-order valence-corrected chi connectivity index (χ3v) is 2.85. The highest BCUT2D eigenvalue weighted by molar-refractivity contribution is 9.10. The minimum Gasteiger partial charge on any atom is -0.489 e. The van der Waals surface area contributed by atoms with E-state index in [1.165, 1.54) is 30.3 Å². The Bertz CT molecular complexity index is 511. The molecule has 2 aromatic carbocycles. The van der Waals surface area contributed by atoms with Gasteiger partial charge in [0.25, 0.3) is 0 Å². The van der Waals surface area contributed by atoms with E-state index in [4.69, 9.17) is 4.74 Å². The van der Waals surface area contributed by atoms with Crippen molar-refractivity contribution >= 4 is 15.9 Å². The summed E-state index contributed by atoms with van der Waals surface area (Å²) in [6.45, 7) is 0.246. The van der Waals surface area contributed by atoms with Crippen LogP contribution < -0.4 is 4.74 Å². The fourth-order valence-electron chi connectivity index (χ4n) is 1.33. The summed E-state index contributed by atoms with van der Waals surface area (Å²) < 4.78 is 31.7. The molecule has 0 atom stereocenters. The van der Waals surface area contributed by atoms with Crippen molar-refractivity contribution in [3.8, 4) is 5.75 Å². The van der Waals surface area contributed by atoms with Gasteiger partial charge in [0, 0.05) is 0 Å². The van der Waals surface area contributed by atoms with E-state index in [9.17, 15) is 8.78 Å². The van der Waals surface area contributed by atoms with Crippen molar-refractivity contribution in [1.29, 1.82) is 0 Å². The van der Waals surface area contributed by atoms with Gasteiger partial charge in [-0.2, -0.15) is 0 Å². The lowest BCUT2D eigenvalue weighted by Gasteiger charge is -2.06. The molecule has 0 amide bonds. The molecule has 88 valence electrons. The topological polar surface area (TPSA) is 9.23 Å². The summed E-state index contributed by atoms with van der Waals surface area (Å²) in [6, 6.07) is 10.5. The van der Waals surface area contributed by atoms with Crippen LogP contribution in [0.1, 0.15) is 5.56 Å². The maximum atomic E-state index is 13.2. The third kappa shape index (κ3) is 3.27. The first-order chi connectivity index (χ1) is 8.15. The van der Waals surface area contributed by atoms with Crippen molar-refractivity contribution in [2.24, 2.45) is 0 Å². The summed E-state index contributed by atoms with van der Waals surface area (Å²) >= 11 is 3.08. The molecule has 0 unspecified atom stereocenters. The minimum absolute atomic E-state index is 0.246. The van der Waals surface area contributed by atoms with Gasteiger partial charge >= 0.3 is 0 Å². The molecule has 0 saturated carbocycles. The van der Waals surface area contributed by atoms with Gasteiger partial charge in [-0.3, -0.25) is 0 Å². The Morgan fingerprint density at radius 1 is 1.00 bits per heavy atom. The SMILES string of the molecule is Fc1ccc(OCc2ccc(Br)c(F)c2)cc1. The van der Waals surface area contributed by atoms with Gasteiger partial charge in [-0.15, -0.1) is 0 Å². The molecule has 0 aromatic heterocycles. The lowest BCUT2D eigenvalue weighted by molar-refractivity contribution is 0.305. The van der Waals surface area contributed by atoms with Crippen molar-refractivity contribution < 1.29 is 13.5 Å². The zero-order valence-electron chi connectivity index (χ0n) is 8.79. The summed E-state index contributed by atoms with van der Waals surface area (Å²) in [5, 5.41) is 0. The zero-order valence-corrected chi connectivity index (χ0v) is 10.4. The van der Waals surface area contributed by atoms with Crippen molar-refractivity contribution in [2.45, 2.75) is 6.61 Å². The van der Waals surface area contributed by atoms with E-state index < -0.39 is 0 Å². The maximum absolute atomic E-state index is 13.2. The van der Waals surface area contributed by atoms with Crippen LogP contribution in [0.5, 0.6) is 5.75 Å². The first-order valence-corrected chi connectivity index (χ1v) is 5.77. The molecule has 0 fully saturated rings. The van der Waals surface area contributed by atoms with Crippen molar-refractivity contribution in [1.82, 2.24) is 0 Å². The fourth-order valence-corrected chi connectivity index (χ4v) is 1.57. The molecule has 0 saturated heterocycles. The van der Waals surface area contributed by atoms with Gasteiger partial charge in [-0.1, -0.05) is 6.07 Å². The second kappa shape index (κ2) is 5.27.